The zero-order valence-electron chi connectivity index (χ0n) is 14.7. The normalized spacial score (nSPS) is 19.5. The molecule has 0 aliphatic heterocycles. The van der Waals surface area contributed by atoms with E-state index in [0.29, 0.717) is 18.2 Å². The monoisotopic (exact) mass is 371 g/mol. The fraction of sp³-hybridized carbons (Fsp3) is 0.316. The minimum Gasteiger partial charge on any atom is -0.464 e. The second-order valence-electron chi connectivity index (χ2n) is 6.89. The van der Waals surface area contributed by atoms with Crippen LogP contribution < -0.4 is 5.32 Å². The molecule has 1 aromatic carbocycles. The fourth-order valence-corrected chi connectivity index (χ4v) is 3.97. The average Bonchev–Trinajstić information content (AvgIpc) is 3.04. The van der Waals surface area contributed by atoms with E-state index in [4.69, 9.17) is 4.42 Å². The molecule has 2 aromatic heterocycles. The number of hydrogen-bond donors (Lipinski definition) is 1. The van der Waals surface area contributed by atoms with Crippen LogP contribution in [0, 0.1) is 5.92 Å². The Balaban J connectivity index is 1.48. The molecule has 0 saturated heterocycles. The molecule has 0 bridgehead atoms. The highest BCUT2D eigenvalue weighted by Gasteiger charge is 2.36. The Labute approximate surface area is 152 Å². The minimum atomic E-state index is -3.33. The van der Waals surface area contributed by atoms with Crippen LogP contribution in [0.1, 0.15) is 30.8 Å². The van der Waals surface area contributed by atoms with Crippen LogP contribution >= 0.6 is 0 Å². The summed E-state index contributed by atoms with van der Waals surface area (Å²) >= 11 is 0. The molecule has 7 heteroatoms. The summed E-state index contributed by atoms with van der Waals surface area (Å²) < 4.78 is 31.4. The molecule has 0 radical (unpaired) electrons. The highest BCUT2D eigenvalue weighted by Crippen LogP contribution is 2.47. The van der Waals surface area contributed by atoms with E-state index in [1.165, 1.54) is 12.7 Å². The number of para-hydroxylation sites is 1. The second-order valence-corrected chi connectivity index (χ2v) is 8.87. The van der Waals surface area contributed by atoms with E-state index in [2.05, 4.69) is 23.4 Å². The fourth-order valence-electron chi connectivity index (χ4n) is 3.10. The van der Waals surface area contributed by atoms with Gasteiger partial charge in [0.25, 0.3) is 0 Å². The second kappa shape index (κ2) is 6.32. The van der Waals surface area contributed by atoms with E-state index in [1.54, 1.807) is 41.3 Å². The van der Waals surface area contributed by atoms with E-state index in [9.17, 15) is 8.42 Å². The Kier molecular flexibility index (Phi) is 4.11. The molecule has 1 aliphatic rings. The third-order valence-electron chi connectivity index (χ3n) is 4.72. The lowest BCUT2D eigenvalue weighted by Crippen LogP contribution is -2.05. The van der Waals surface area contributed by atoms with Crippen LogP contribution in [0.25, 0.3) is 5.69 Å². The maximum absolute atomic E-state index is 12.0. The summed E-state index contributed by atoms with van der Waals surface area (Å²) in [5, 5.41) is 7.55. The molecule has 0 unspecified atom stereocenters. The smallest absolute Gasteiger partial charge is 0.177 e. The van der Waals surface area contributed by atoms with Crippen LogP contribution in [0.2, 0.25) is 0 Å². The zero-order chi connectivity index (χ0) is 18.3. The summed E-state index contributed by atoms with van der Waals surface area (Å²) in [5.41, 5.74) is 1.33. The van der Waals surface area contributed by atoms with Crippen molar-refractivity contribution in [1.82, 2.24) is 9.78 Å². The SMILES string of the molecule is C[C@@H]1C[C@H]1c1ccc(CNc2cnn(-c3ccccc3S(C)(=O)=O)c2)o1. The highest BCUT2D eigenvalue weighted by atomic mass is 32.2. The zero-order valence-corrected chi connectivity index (χ0v) is 15.5. The van der Waals surface area contributed by atoms with E-state index in [-0.39, 0.29) is 4.90 Å². The van der Waals surface area contributed by atoms with Gasteiger partial charge < -0.3 is 9.73 Å². The third-order valence-corrected chi connectivity index (χ3v) is 5.86. The van der Waals surface area contributed by atoms with Gasteiger partial charge in [0.05, 0.1) is 35.2 Å². The topological polar surface area (TPSA) is 77.1 Å². The first kappa shape index (κ1) is 16.9. The lowest BCUT2D eigenvalue weighted by Gasteiger charge is -2.07. The number of rotatable bonds is 6. The van der Waals surface area contributed by atoms with Gasteiger partial charge in [-0.3, -0.25) is 0 Å². The van der Waals surface area contributed by atoms with Gasteiger partial charge in [0.1, 0.15) is 11.5 Å². The van der Waals surface area contributed by atoms with Crippen molar-refractivity contribution in [2.45, 2.75) is 30.7 Å². The van der Waals surface area contributed by atoms with Crippen molar-refractivity contribution >= 4 is 15.5 Å². The maximum atomic E-state index is 12.0. The molecule has 1 N–H and O–H groups in total. The predicted octanol–water partition coefficient (Wildman–Crippen LogP) is 3.60. The molecule has 4 rings (SSSR count). The van der Waals surface area contributed by atoms with Gasteiger partial charge in [-0.2, -0.15) is 5.10 Å². The molecule has 6 nitrogen and oxygen atoms in total. The Hall–Kier alpha value is -2.54. The van der Waals surface area contributed by atoms with Crippen LogP contribution in [0.3, 0.4) is 0 Å². The van der Waals surface area contributed by atoms with Crippen LogP contribution in [-0.2, 0) is 16.4 Å². The largest absolute Gasteiger partial charge is 0.464 e. The summed E-state index contributed by atoms with van der Waals surface area (Å²) in [6.45, 7) is 2.79. The van der Waals surface area contributed by atoms with Crippen molar-refractivity contribution in [3.05, 3.63) is 60.3 Å². The van der Waals surface area contributed by atoms with E-state index in [1.807, 2.05) is 6.07 Å². The molecule has 136 valence electrons. The van der Waals surface area contributed by atoms with Crippen LogP contribution in [0.4, 0.5) is 5.69 Å². The van der Waals surface area contributed by atoms with Crippen molar-refractivity contribution in [3.8, 4) is 5.69 Å². The van der Waals surface area contributed by atoms with Crippen LogP contribution in [0.5, 0.6) is 0 Å². The number of furan rings is 1. The summed E-state index contributed by atoms with van der Waals surface area (Å²) in [7, 11) is -3.33. The van der Waals surface area contributed by atoms with Gasteiger partial charge in [-0.25, -0.2) is 13.1 Å². The molecule has 26 heavy (non-hydrogen) atoms. The van der Waals surface area contributed by atoms with Crippen molar-refractivity contribution in [1.29, 1.82) is 0 Å². The number of aromatic nitrogens is 2. The van der Waals surface area contributed by atoms with Gasteiger partial charge in [0.15, 0.2) is 9.84 Å². The van der Waals surface area contributed by atoms with Crippen LogP contribution in [0.15, 0.2) is 58.1 Å². The van der Waals surface area contributed by atoms with Crippen LogP contribution in [-0.4, -0.2) is 24.5 Å². The molecule has 3 aromatic rings. The maximum Gasteiger partial charge on any atom is 0.177 e. The Morgan fingerprint density at radius 2 is 2.04 bits per heavy atom. The average molecular weight is 371 g/mol. The molecular formula is C19H21N3O3S. The van der Waals surface area contributed by atoms with Gasteiger partial charge >= 0.3 is 0 Å². The molecular weight excluding hydrogens is 350 g/mol. The van der Waals surface area contributed by atoms with Crippen molar-refractivity contribution < 1.29 is 12.8 Å². The standard InChI is InChI=1S/C19H21N3O3S/c1-13-9-16(13)18-8-7-15(25-18)11-20-14-10-21-22(12-14)17-5-3-4-6-19(17)26(2,23)24/h3-8,10,12-13,16,20H,9,11H2,1-2H3/t13-,16-/m1/s1. The summed E-state index contributed by atoms with van der Waals surface area (Å²) in [4.78, 5) is 0.254. The minimum absolute atomic E-state index is 0.254. The van der Waals surface area contributed by atoms with Crippen molar-refractivity contribution in [2.24, 2.45) is 5.92 Å². The number of nitrogens with one attached hydrogen (secondary N) is 1. The number of hydrogen-bond acceptors (Lipinski definition) is 5. The number of nitrogens with zero attached hydrogens (tertiary/aromatic N) is 2. The first-order chi connectivity index (χ1) is 12.4. The third kappa shape index (κ3) is 3.39. The molecule has 2 heterocycles. The lowest BCUT2D eigenvalue weighted by molar-refractivity contribution is 0.468. The van der Waals surface area contributed by atoms with Gasteiger partial charge in [-0.1, -0.05) is 19.1 Å². The molecule has 0 amide bonds. The van der Waals surface area contributed by atoms with E-state index < -0.39 is 9.84 Å². The Morgan fingerprint density at radius 1 is 1.27 bits per heavy atom. The van der Waals surface area contributed by atoms with E-state index >= 15 is 0 Å². The predicted molar refractivity (Wildman–Crippen MR) is 99.2 cm³/mol. The first-order valence-corrected chi connectivity index (χ1v) is 10.5. The lowest BCUT2D eigenvalue weighted by atomic mass is 10.3. The summed E-state index contributed by atoms with van der Waals surface area (Å²) in [5.74, 6) is 3.23. The quantitative estimate of drug-likeness (QED) is 0.716. The number of benzene rings is 1. The highest BCUT2D eigenvalue weighted by molar-refractivity contribution is 7.90. The Bertz CT molecular complexity index is 1040. The summed E-state index contributed by atoms with van der Waals surface area (Å²) in [6.07, 6.45) is 5.85. The molecule has 2 atom stereocenters. The van der Waals surface area contributed by atoms with Gasteiger partial charge in [0.2, 0.25) is 0 Å². The number of anilines is 1. The van der Waals surface area contributed by atoms with Crippen molar-refractivity contribution in [2.75, 3.05) is 11.6 Å². The van der Waals surface area contributed by atoms with E-state index in [0.717, 1.165) is 23.1 Å². The molecule has 1 fully saturated rings. The van der Waals surface area contributed by atoms with Crippen molar-refractivity contribution in [3.63, 3.8) is 0 Å². The summed E-state index contributed by atoms with van der Waals surface area (Å²) in [6, 6.07) is 10.9. The first-order valence-electron chi connectivity index (χ1n) is 8.58. The molecule has 1 aliphatic carbocycles. The number of sulfone groups is 1. The van der Waals surface area contributed by atoms with Gasteiger partial charge in [0, 0.05) is 12.2 Å². The Morgan fingerprint density at radius 3 is 2.77 bits per heavy atom. The molecule has 0 spiro atoms. The van der Waals surface area contributed by atoms with Gasteiger partial charge in [-0.05, 0) is 36.6 Å². The molecule has 1 saturated carbocycles. The van der Waals surface area contributed by atoms with Gasteiger partial charge in [-0.15, -0.1) is 0 Å².